The van der Waals surface area contributed by atoms with Gasteiger partial charge >= 0.3 is 5.97 Å². The molecular formula is C24H34N2O7SSi. The lowest BCUT2D eigenvalue weighted by atomic mass is 9.87. The Bertz CT molecular complexity index is 1150. The number of carboxylic acid groups (broad SMARTS) is 1. The molecule has 2 N–H and O–H groups in total. The van der Waals surface area contributed by atoms with Crippen LogP contribution in [-0.2, 0) is 25.7 Å². The van der Waals surface area contributed by atoms with Crippen LogP contribution in [0.1, 0.15) is 39.2 Å². The molecule has 0 fully saturated rings. The van der Waals surface area contributed by atoms with Crippen LogP contribution in [-0.4, -0.2) is 44.9 Å². The second-order valence-electron chi connectivity index (χ2n) is 10.1. The zero-order chi connectivity index (χ0) is 26.5. The van der Waals surface area contributed by atoms with Gasteiger partial charge in [0.1, 0.15) is 5.54 Å². The molecule has 0 bridgehead atoms. The molecule has 0 heterocycles. The maximum atomic E-state index is 13.3. The number of nitrogens with one attached hydrogen (secondary N) is 1. The third-order valence-electron chi connectivity index (χ3n) is 6.46. The topological polar surface area (TPSA) is 136 Å². The van der Waals surface area contributed by atoms with Crippen molar-refractivity contribution < 1.29 is 27.7 Å². The predicted octanol–water partition coefficient (Wildman–Crippen LogP) is 4.74. The van der Waals surface area contributed by atoms with Crippen LogP contribution in [0.5, 0.6) is 0 Å². The first kappa shape index (κ1) is 28.6. The molecule has 0 saturated carbocycles. The van der Waals surface area contributed by atoms with Crippen molar-refractivity contribution >= 4 is 30.0 Å². The van der Waals surface area contributed by atoms with Crippen LogP contribution >= 0.6 is 0 Å². The standard InChI is InChI=1S/C24H34N2O7SSi/c1-23(2,3)35(4,5)33-17-11-16-24(22(27)28,18-19-12-7-6-8-13-19)25-34(31,32)21-15-10-9-14-20(21)26(29)30/h6-10,12-15,25H,11,16-18H2,1-5H3,(H,27,28)/t24-/m1/s1. The second kappa shape index (κ2) is 11.0. The summed E-state index contributed by atoms with van der Waals surface area (Å²) in [4.78, 5) is 22.7. The van der Waals surface area contributed by atoms with Crippen molar-refractivity contribution in [3.8, 4) is 0 Å². The van der Waals surface area contributed by atoms with Crippen LogP contribution in [0.3, 0.4) is 0 Å². The highest BCUT2D eigenvalue weighted by Gasteiger charge is 2.44. The number of nitro benzene ring substituents is 1. The lowest BCUT2D eigenvalue weighted by Gasteiger charge is -2.36. The highest BCUT2D eigenvalue weighted by atomic mass is 32.2. The average Bonchev–Trinajstić information content (AvgIpc) is 2.76. The number of nitrogens with zero attached hydrogens (tertiary/aromatic N) is 1. The molecule has 192 valence electrons. The SMILES string of the molecule is CC(C)(C)[Si](C)(C)OCCC[C@](Cc1ccccc1)(NS(=O)(=O)c1ccccc1[N+](=O)[O-])C(=O)O. The van der Waals surface area contributed by atoms with Crippen LogP contribution < -0.4 is 4.72 Å². The van der Waals surface area contributed by atoms with Crippen molar-refractivity contribution in [1.82, 2.24) is 4.72 Å². The Morgan fingerprint density at radius 3 is 2.20 bits per heavy atom. The quantitative estimate of drug-likeness (QED) is 0.178. The average molecular weight is 523 g/mol. The molecule has 0 aromatic heterocycles. The number of carboxylic acids is 1. The van der Waals surface area contributed by atoms with Crippen LogP contribution in [0.4, 0.5) is 5.69 Å². The molecule has 0 saturated heterocycles. The Kier molecular flexibility index (Phi) is 8.98. The molecule has 0 aliphatic carbocycles. The van der Waals surface area contributed by atoms with Gasteiger partial charge in [-0.1, -0.05) is 63.2 Å². The van der Waals surface area contributed by atoms with E-state index < -0.39 is 45.4 Å². The van der Waals surface area contributed by atoms with Gasteiger partial charge in [0.25, 0.3) is 5.69 Å². The minimum absolute atomic E-state index is 0.0330. The Labute approximate surface area is 207 Å². The van der Waals surface area contributed by atoms with E-state index >= 15 is 0 Å². The van der Waals surface area contributed by atoms with Gasteiger partial charge in [-0.15, -0.1) is 0 Å². The van der Waals surface area contributed by atoms with E-state index in [2.05, 4.69) is 38.6 Å². The Morgan fingerprint density at radius 2 is 1.66 bits per heavy atom. The van der Waals surface area contributed by atoms with Gasteiger partial charge in [-0.3, -0.25) is 14.9 Å². The van der Waals surface area contributed by atoms with Crippen LogP contribution in [0.25, 0.3) is 0 Å². The number of aliphatic carboxylic acids is 1. The maximum Gasteiger partial charge on any atom is 0.325 e. The first-order valence-corrected chi connectivity index (χ1v) is 15.7. The van der Waals surface area contributed by atoms with Crippen molar-refractivity contribution in [2.24, 2.45) is 0 Å². The summed E-state index contributed by atoms with van der Waals surface area (Å²) >= 11 is 0. The van der Waals surface area contributed by atoms with E-state index in [9.17, 15) is 28.4 Å². The molecule has 11 heteroatoms. The smallest absolute Gasteiger partial charge is 0.325 e. The molecule has 0 amide bonds. The van der Waals surface area contributed by atoms with Gasteiger partial charge in [-0.25, -0.2) is 8.42 Å². The number of para-hydroxylation sites is 1. The Morgan fingerprint density at radius 1 is 1.09 bits per heavy atom. The van der Waals surface area contributed by atoms with Gasteiger partial charge in [-0.05, 0) is 42.6 Å². The van der Waals surface area contributed by atoms with Gasteiger partial charge in [-0.2, -0.15) is 4.72 Å². The van der Waals surface area contributed by atoms with Gasteiger partial charge in [0.2, 0.25) is 10.0 Å². The van der Waals surface area contributed by atoms with E-state index in [0.717, 1.165) is 12.1 Å². The van der Waals surface area contributed by atoms with Crippen LogP contribution in [0, 0.1) is 10.1 Å². The lowest BCUT2D eigenvalue weighted by molar-refractivity contribution is -0.387. The molecule has 9 nitrogen and oxygen atoms in total. The molecule has 0 spiro atoms. The van der Waals surface area contributed by atoms with E-state index in [0.29, 0.717) is 5.56 Å². The summed E-state index contributed by atoms with van der Waals surface area (Å²) in [5.41, 5.74) is -1.94. The third kappa shape index (κ3) is 7.20. The Balaban J connectivity index is 2.41. The summed E-state index contributed by atoms with van der Waals surface area (Å²) in [6.45, 7) is 10.7. The molecule has 0 aliphatic heterocycles. The summed E-state index contributed by atoms with van der Waals surface area (Å²) in [5, 5.41) is 21.7. The van der Waals surface area contributed by atoms with Gasteiger partial charge in [0.05, 0.1) is 4.92 Å². The minimum atomic E-state index is -4.55. The number of nitro groups is 1. The van der Waals surface area contributed by atoms with Crippen molar-refractivity contribution in [1.29, 1.82) is 0 Å². The van der Waals surface area contributed by atoms with Crippen molar-refractivity contribution in [3.05, 3.63) is 70.3 Å². The number of rotatable bonds is 12. The number of benzene rings is 2. The summed E-state index contributed by atoms with van der Waals surface area (Å²) in [7, 11) is -6.64. The summed E-state index contributed by atoms with van der Waals surface area (Å²) < 4.78 is 35.1. The molecule has 1 atom stereocenters. The second-order valence-corrected chi connectivity index (χ2v) is 16.6. The lowest BCUT2D eigenvalue weighted by Crippen LogP contribution is -2.56. The predicted molar refractivity (Wildman–Crippen MR) is 136 cm³/mol. The maximum absolute atomic E-state index is 13.3. The fourth-order valence-electron chi connectivity index (χ4n) is 3.41. The van der Waals surface area contributed by atoms with E-state index in [1.807, 2.05) is 0 Å². The molecule has 0 aliphatic rings. The number of carbonyl (C=O) groups is 1. The molecule has 0 radical (unpaired) electrons. The molecule has 35 heavy (non-hydrogen) atoms. The first-order valence-electron chi connectivity index (χ1n) is 11.3. The van der Waals surface area contributed by atoms with E-state index in [1.165, 1.54) is 12.1 Å². The monoisotopic (exact) mass is 522 g/mol. The minimum Gasteiger partial charge on any atom is -0.480 e. The molecule has 0 unspecified atom stereocenters. The van der Waals surface area contributed by atoms with Crippen molar-refractivity contribution in [3.63, 3.8) is 0 Å². The Hall–Kier alpha value is -2.60. The summed E-state index contributed by atoms with van der Waals surface area (Å²) in [6.07, 6.45) is 0.0832. The van der Waals surface area contributed by atoms with E-state index in [-0.39, 0.29) is 30.9 Å². The molecular weight excluding hydrogens is 488 g/mol. The van der Waals surface area contributed by atoms with Crippen LogP contribution in [0.2, 0.25) is 18.1 Å². The number of sulfonamides is 1. The summed E-state index contributed by atoms with van der Waals surface area (Å²) in [5.74, 6) is -1.36. The van der Waals surface area contributed by atoms with Gasteiger partial charge in [0, 0.05) is 19.1 Å². The summed E-state index contributed by atoms with van der Waals surface area (Å²) in [6, 6.07) is 13.5. The molecule has 2 rings (SSSR count). The zero-order valence-corrected chi connectivity index (χ0v) is 22.6. The molecule has 2 aromatic rings. The number of hydrogen-bond acceptors (Lipinski definition) is 6. The van der Waals surface area contributed by atoms with Crippen LogP contribution in [0.15, 0.2) is 59.5 Å². The fourth-order valence-corrected chi connectivity index (χ4v) is 6.06. The van der Waals surface area contributed by atoms with Gasteiger partial charge < -0.3 is 9.53 Å². The third-order valence-corrected chi connectivity index (χ3v) is 12.6. The molecule has 2 aromatic carbocycles. The van der Waals surface area contributed by atoms with Gasteiger partial charge in [0.15, 0.2) is 13.2 Å². The zero-order valence-electron chi connectivity index (χ0n) is 20.8. The van der Waals surface area contributed by atoms with Crippen molar-refractivity contribution in [2.75, 3.05) is 6.61 Å². The fraction of sp³-hybridized carbons (Fsp3) is 0.458. The van der Waals surface area contributed by atoms with E-state index in [4.69, 9.17) is 4.43 Å². The number of hydrogen-bond donors (Lipinski definition) is 2. The first-order chi connectivity index (χ1) is 16.1. The largest absolute Gasteiger partial charge is 0.480 e. The van der Waals surface area contributed by atoms with E-state index in [1.54, 1.807) is 30.3 Å². The normalized spacial score (nSPS) is 14.3. The van der Waals surface area contributed by atoms with Crippen molar-refractivity contribution in [2.45, 2.75) is 68.6 Å². The highest BCUT2D eigenvalue weighted by Crippen LogP contribution is 2.37. The highest BCUT2D eigenvalue weighted by molar-refractivity contribution is 7.89.